The summed E-state index contributed by atoms with van der Waals surface area (Å²) in [6.45, 7) is 2.92. The van der Waals surface area contributed by atoms with E-state index < -0.39 is 0 Å². The van der Waals surface area contributed by atoms with Gasteiger partial charge in [0.2, 0.25) is 0 Å². The van der Waals surface area contributed by atoms with Crippen LogP contribution in [0.4, 0.5) is 5.82 Å². The van der Waals surface area contributed by atoms with Crippen LogP contribution in [0.2, 0.25) is 0 Å². The van der Waals surface area contributed by atoms with Crippen LogP contribution >= 0.6 is 11.3 Å². The maximum absolute atomic E-state index is 5.69. The van der Waals surface area contributed by atoms with Crippen LogP contribution in [0.1, 0.15) is 6.42 Å². The summed E-state index contributed by atoms with van der Waals surface area (Å²) in [7, 11) is 1.73. The summed E-state index contributed by atoms with van der Waals surface area (Å²) in [6, 6.07) is 8.15. The van der Waals surface area contributed by atoms with Crippen molar-refractivity contribution in [3.8, 4) is 11.5 Å². The van der Waals surface area contributed by atoms with E-state index in [-0.39, 0.29) is 6.04 Å². The number of morpholine rings is 1. The Kier molecular flexibility index (Phi) is 4.87. The summed E-state index contributed by atoms with van der Waals surface area (Å²) in [4.78, 5) is 17.3. The van der Waals surface area contributed by atoms with Gasteiger partial charge in [0, 0.05) is 26.5 Å². The standard InChI is InChI=1S/C18H20N4O2S/c1-23-9-5-13-12-24-10-8-22(13)17-14-6-11-25-18(14)21-16(20-17)15-4-2-3-7-19-15/h2-4,6-7,11,13H,5,8-10,12H2,1H3. The predicted octanol–water partition coefficient (Wildman–Crippen LogP) is 3.00. The number of thiophene rings is 1. The quantitative estimate of drug-likeness (QED) is 0.700. The number of rotatable bonds is 5. The molecule has 0 saturated carbocycles. The first-order valence-corrected chi connectivity index (χ1v) is 9.25. The largest absolute Gasteiger partial charge is 0.385 e. The van der Waals surface area contributed by atoms with Crippen molar-refractivity contribution < 1.29 is 9.47 Å². The van der Waals surface area contributed by atoms with Crippen molar-refractivity contribution in [1.82, 2.24) is 15.0 Å². The number of hydrogen-bond acceptors (Lipinski definition) is 7. The minimum atomic E-state index is 0.253. The van der Waals surface area contributed by atoms with Gasteiger partial charge < -0.3 is 14.4 Å². The Morgan fingerprint density at radius 2 is 2.28 bits per heavy atom. The zero-order chi connectivity index (χ0) is 17.1. The molecule has 3 aromatic rings. The molecule has 7 heteroatoms. The number of pyridine rings is 1. The summed E-state index contributed by atoms with van der Waals surface area (Å²) in [5.41, 5.74) is 0.792. The lowest BCUT2D eigenvalue weighted by Crippen LogP contribution is -2.46. The molecule has 6 nitrogen and oxygen atoms in total. The fourth-order valence-corrected chi connectivity index (χ4v) is 3.85. The van der Waals surface area contributed by atoms with Gasteiger partial charge in [0.1, 0.15) is 16.3 Å². The first kappa shape index (κ1) is 16.4. The van der Waals surface area contributed by atoms with Crippen molar-refractivity contribution in [2.24, 2.45) is 0 Å². The summed E-state index contributed by atoms with van der Waals surface area (Å²) < 4.78 is 11.0. The second kappa shape index (κ2) is 7.43. The van der Waals surface area contributed by atoms with E-state index >= 15 is 0 Å². The van der Waals surface area contributed by atoms with Gasteiger partial charge in [-0.1, -0.05) is 6.07 Å². The summed E-state index contributed by atoms with van der Waals surface area (Å²) >= 11 is 1.63. The van der Waals surface area contributed by atoms with Gasteiger partial charge in [-0.2, -0.15) is 0 Å². The van der Waals surface area contributed by atoms with E-state index in [4.69, 9.17) is 19.4 Å². The van der Waals surface area contributed by atoms with Crippen LogP contribution in [0.5, 0.6) is 0 Å². The molecule has 1 aliphatic rings. The van der Waals surface area contributed by atoms with Gasteiger partial charge >= 0.3 is 0 Å². The molecular formula is C18H20N4O2S. The highest BCUT2D eigenvalue weighted by molar-refractivity contribution is 7.16. The lowest BCUT2D eigenvalue weighted by atomic mass is 10.1. The van der Waals surface area contributed by atoms with Gasteiger partial charge in [0.15, 0.2) is 5.82 Å². The van der Waals surface area contributed by atoms with E-state index in [1.165, 1.54) is 0 Å². The van der Waals surface area contributed by atoms with Gasteiger partial charge in [-0.05, 0) is 30.0 Å². The molecule has 4 rings (SSSR count). The summed E-state index contributed by atoms with van der Waals surface area (Å²) in [6.07, 6.45) is 2.68. The average Bonchev–Trinajstić information content (AvgIpc) is 3.15. The van der Waals surface area contributed by atoms with Gasteiger partial charge in [-0.3, -0.25) is 4.98 Å². The predicted molar refractivity (Wildman–Crippen MR) is 99.1 cm³/mol. The highest BCUT2D eigenvalue weighted by Gasteiger charge is 2.26. The van der Waals surface area contributed by atoms with Crippen LogP contribution in [0.25, 0.3) is 21.7 Å². The highest BCUT2D eigenvalue weighted by Crippen LogP contribution is 2.32. The number of hydrogen-bond donors (Lipinski definition) is 0. The number of nitrogens with zero attached hydrogens (tertiary/aromatic N) is 4. The average molecular weight is 356 g/mol. The Bertz CT molecular complexity index is 839. The molecule has 0 spiro atoms. The number of ether oxygens (including phenoxy) is 2. The first-order valence-electron chi connectivity index (χ1n) is 8.37. The third kappa shape index (κ3) is 3.35. The molecule has 1 fully saturated rings. The van der Waals surface area contributed by atoms with Crippen LogP contribution in [-0.4, -0.2) is 54.5 Å². The summed E-state index contributed by atoms with van der Waals surface area (Å²) in [5.74, 6) is 1.64. The monoisotopic (exact) mass is 356 g/mol. The molecule has 130 valence electrons. The fraction of sp³-hybridized carbons (Fsp3) is 0.389. The van der Waals surface area contributed by atoms with Crippen LogP contribution in [0, 0.1) is 0 Å². The molecule has 0 radical (unpaired) electrons. The topological polar surface area (TPSA) is 60.4 Å². The fourth-order valence-electron chi connectivity index (χ4n) is 3.09. The third-order valence-electron chi connectivity index (χ3n) is 4.35. The van der Waals surface area contributed by atoms with Crippen molar-refractivity contribution in [2.45, 2.75) is 12.5 Å². The van der Waals surface area contributed by atoms with Crippen LogP contribution in [-0.2, 0) is 9.47 Å². The Hall–Kier alpha value is -2.09. The van der Waals surface area contributed by atoms with Crippen molar-refractivity contribution in [2.75, 3.05) is 38.4 Å². The Morgan fingerprint density at radius 1 is 1.32 bits per heavy atom. The lowest BCUT2D eigenvalue weighted by Gasteiger charge is -2.36. The maximum atomic E-state index is 5.69. The summed E-state index contributed by atoms with van der Waals surface area (Å²) in [5, 5.41) is 3.16. The molecule has 1 unspecified atom stereocenters. The lowest BCUT2D eigenvalue weighted by molar-refractivity contribution is 0.0795. The zero-order valence-electron chi connectivity index (χ0n) is 14.1. The minimum absolute atomic E-state index is 0.253. The third-order valence-corrected chi connectivity index (χ3v) is 5.16. The molecular weight excluding hydrogens is 336 g/mol. The van der Waals surface area contributed by atoms with Gasteiger partial charge in [-0.15, -0.1) is 11.3 Å². The van der Waals surface area contributed by atoms with E-state index in [0.717, 1.165) is 34.7 Å². The zero-order valence-corrected chi connectivity index (χ0v) is 14.9. The van der Waals surface area contributed by atoms with E-state index in [1.807, 2.05) is 18.2 Å². The van der Waals surface area contributed by atoms with Gasteiger partial charge in [-0.25, -0.2) is 9.97 Å². The second-order valence-corrected chi connectivity index (χ2v) is 6.82. The molecule has 4 heterocycles. The van der Waals surface area contributed by atoms with Gasteiger partial charge in [0.05, 0.1) is 24.6 Å². The molecule has 0 bridgehead atoms. The van der Waals surface area contributed by atoms with Crippen LogP contribution in [0.15, 0.2) is 35.8 Å². The molecule has 0 N–H and O–H groups in total. The Labute approximate surface area is 150 Å². The van der Waals surface area contributed by atoms with E-state index in [1.54, 1.807) is 24.6 Å². The second-order valence-electron chi connectivity index (χ2n) is 5.93. The molecule has 0 amide bonds. The number of anilines is 1. The first-order chi connectivity index (χ1) is 12.4. The Morgan fingerprint density at radius 3 is 3.12 bits per heavy atom. The highest BCUT2D eigenvalue weighted by atomic mass is 32.1. The van der Waals surface area contributed by atoms with E-state index in [9.17, 15) is 0 Å². The van der Waals surface area contributed by atoms with Crippen molar-refractivity contribution >= 4 is 27.4 Å². The SMILES string of the molecule is COCCC1COCCN1c1nc(-c2ccccn2)nc2sccc12. The minimum Gasteiger partial charge on any atom is -0.385 e. The molecule has 0 aliphatic carbocycles. The normalized spacial score (nSPS) is 18.0. The van der Waals surface area contributed by atoms with Crippen molar-refractivity contribution in [1.29, 1.82) is 0 Å². The molecule has 3 aromatic heterocycles. The van der Waals surface area contributed by atoms with Crippen molar-refractivity contribution in [3.05, 3.63) is 35.8 Å². The number of aromatic nitrogens is 3. The number of methoxy groups -OCH3 is 1. The van der Waals surface area contributed by atoms with E-state index in [0.29, 0.717) is 25.6 Å². The van der Waals surface area contributed by atoms with Crippen LogP contribution < -0.4 is 4.90 Å². The molecule has 0 aromatic carbocycles. The molecule has 1 atom stereocenters. The smallest absolute Gasteiger partial charge is 0.181 e. The van der Waals surface area contributed by atoms with E-state index in [2.05, 4.69) is 21.3 Å². The van der Waals surface area contributed by atoms with Crippen LogP contribution in [0.3, 0.4) is 0 Å². The molecule has 1 aliphatic heterocycles. The number of fused-ring (bicyclic) bond motifs is 1. The Balaban J connectivity index is 1.78. The molecule has 25 heavy (non-hydrogen) atoms. The van der Waals surface area contributed by atoms with Crippen molar-refractivity contribution in [3.63, 3.8) is 0 Å². The molecule has 1 saturated heterocycles. The maximum Gasteiger partial charge on any atom is 0.181 e. The van der Waals surface area contributed by atoms with Gasteiger partial charge in [0.25, 0.3) is 0 Å².